The summed E-state index contributed by atoms with van der Waals surface area (Å²) in [6, 6.07) is 12.7. The van der Waals surface area contributed by atoms with Gasteiger partial charge >= 0.3 is 0 Å². The van der Waals surface area contributed by atoms with E-state index in [1.54, 1.807) is 0 Å². The number of aromatic nitrogens is 4. The Hall–Kier alpha value is -2.36. The first-order valence-corrected chi connectivity index (χ1v) is 6.89. The number of aryl methyl sites for hydroxylation is 1. The quantitative estimate of drug-likeness (QED) is 0.729. The Morgan fingerprint density at radius 3 is 2.50 bits per heavy atom. The highest BCUT2D eigenvalue weighted by Gasteiger charge is 2.47. The fourth-order valence-electron chi connectivity index (χ4n) is 2.97. The molecule has 4 nitrogen and oxygen atoms in total. The molecule has 0 aliphatic heterocycles. The van der Waals surface area contributed by atoms with Crippen molar-refractivity contribution >= 4 is 0 Å². The molecule has 20 heavy (non-hydrogen) atoms. The summed E-state index contributed by atoms with van der Waals surface area (Å²) in [4.78, 5) is 4.55. The van der Waals surface area contributed by atoms with E-state index in [2.05, 4.69) is 51.2 Å². The van der Waals surface area contributed by atoms with Crippen LogP contribution in [-0.4, -0.2) is 19.3 Å². The van der Waals surface area contributed by atoms with Gasteiger partial charge in [-0.05, 0) is 24.5 Å². The average Bonchev–Trinajstić information content (AvgIpc) is 2.94. The highest BCUT2D eigenvalue weighted by Crippen LogP contribution is 2.50. The van der Waals surface area contributed by atoms with Gasteiger partial charge in [0.15, 0.2) is 5.82 Å². The number of rotatable bonds is 3. The molecule has 1 saturated carbocycles. The molecule has 0 bridgehead atoms. The molecule has 0 N–H and O–H groups in total. The SMILES string of the molecule is Cn1nccc1-c1nccn1C1(c2ccccc2)CC1. The monoisotopic (exact) mass is 264 g/mol. The third-order valence-electron chi connectivity index (χ3n) is 4.19. The lowest BCUT2D eigenvalue weighted by Gasteiger charge is -2.20. The molecule has 3 aromatic rings. The maximum Gasteiger partial charge on any atom is 0.159 e. The van der Waals surface area contributed by atoms with Crippen molar-refractivity contribution in [3.05, 3.63) is 60.6 Å². The zero-order chi connectivity index (χ0) is 13.6. The van der Waals surface area contributed by atoms with Crippen molar-refractivity contribution in [2.75, 3.05) is 0 Å². The Balaban J connectivity index is 1.85. The van der Waals surface area contributed by atoms with E-state index in [1.165, 1.54) is 5.56 Å². The van der Waals surface area contributed by atoms with Crippen LogP contribution in [0.4, 0.5) is 0 Å². The molecular weight excluding hydrogens is 248 g/mol. The van der Waals surface area contributed by atoms with Crippen LogP contribution < -0.4 is 0 Å². The Morgan fingerprint density at radius 1 is 1.05 bits per heavy atom. The molecule has 0 unspecified atom stereocenters. The molecule has 1 aromatic carbocycles. The predicted octanol–water partition coefficient (Wildman–Crippen LogP) is 2.82. The van der Waals surface area contributed by atoms with Crippen LogP contribution >= 0.6 is 0 Å². The molecule has 4 rings (SSSR count). The van der Waals surface area contributed by atoms with Crippen LogP contribution in [-0.2, 0) is 12.6 Å². The molecular formula is C16H16N4. The smallest absolute Gasteiger partial charge is 0.159 e. The molecule has 2 aromatic heterocycles. The Kier molecular flexibility index (Phi) is 2.33. The molecule has 1 aliphatic rings. The molecule has 0 amide bonds. The van der Waals surface area contributed by atoms with Crippen molar-refractivity contribution in [2.45, 2.75) is 18.4 Å². The van der Waals surface area contributed by atoms with E-state index < -0.39 is 0 Å². The summed E-state index contributed by atoms with van der Waals surface area (Å²) in [6.45, 7) is 0. The van der Waals surface area contributed by atoms with Crippen LogP contribution in [0.15, 0.2) is 55.0 Å². The summed E-state index contributed by atoms with van der Waals surface area (Å²) in [6.07, 6.45) is 8.11. The van der Waals surface area contributed by atoms with Crippen LogP contribution in [0.2, 0.25) is 0 Å². The van der Waals surface area contributed by atoms with Gasteiger partial charge < -0.3 is 4.57 Å². The highest BCUT2D eigenvalue weighted by molar-refractivity contribution is 5.52. The van der Waals surface area contributed by atoms with Gasteiger partial charge in [0, 0.05) is 25.6 Å². The first-order valence-electron chi connectivity index (χ1n) is 6.89. The molecule has 1 fully saturated rings. The Labute approximate surface area is 117 Å². The molecule has 0 radical (unpaired) electrons. The van der Waals surface area contributed by atoms with Gasteiger partial charge in [0.05, 0.1) is 5.54 Å². The molecule has 0 spiro atoms. The fraction of sp³-hybridized carbons (Fsp3) is 0.250. The topological polar surface area (TPSA) is 35.6 Å². The molecule has 0 atom stereocenters. The lowest BCUT2D eigenvalue weighted by molar-refractivity contribution is 0.575. The van der Waals surface area contributed by atoms with E-state index in [0.717, 1.165) is 24.4 Å². The lowest BCUT2D eigenvalue weighted by Crippen LogP contribution is -2.19. The third-order valence-corrected chi connectivity index (χ3v) is 4.19. The zero-order valence-corrected chi connectivity index (χ0v) is 11.4. The van der Waals surface area contributed by atoms with E-state index in [1.807, 2.05) is 30.2 Å². The van der Waals surface area contributed by atoms with E-state index in [-0.39, 0.29) is 5.54 Å². The largest absolute Gasteiger partial charge is 0.319 e. The van der Waals surface area contributed by atoms with Crippen molar-refractivity contribution in [3.8, 4) is 11.5 Å². The van der Waals surface area contributed by atoms with Crippen LogP contribution in [0.5, 0.6) is 0 Å². The van der Waals surface area contributed by atoms with Crippen LogP contribution in [0.25, 0.3) is 11.5 Å². The highest BCUT2D eigenvalue weighted by atomic mass is 15.3. The average molecular weight is 264 g/mol. The maximum absolute atomic E-state index is 4.55. The maximum atomic E-state index is 4.55. The van der Waals surface area contributed by atoms with E-state index in [9.17, 15) is 0 Å². The van der Waals surface area contributed by atoms with Gasteiger partial charge in [-0.3, -0.25) is 4.68 Å². The molecule has 100 valence electrons. The summed E-state index contributed by atoms with van der Waals surface area (Å²) in [7, 11) is 1.95. The number of nitrogens with zero attached hydrogens (tertiary/aromatic N) is 4. The summed E-state index contributed by atoms with van der Waals surface area (Å²) in [5.41, 5.74) is 2.50. The first-order chi connectivity index (χ1) is 9.81. The zero-order valence-electron chi connectivity index (χ0n) is 11.4. The van der Waals surface area contributed by atoms with E-state index in [0.29, 0.717) is 0 Å². The molecule has 1 aliphatic carbocycles. The van der Waals surface area contributed by atoms with Crippen molar-refractivity contribution in [1.29, 1.82) is 0 Å². The second-order valence-electron chi connectivity index (χ2n) is 5.36. The first kappa shape index (κ1) is 11.5. The van der Waals surface area contributed by atoms with Gasteiger partial charge in [-0.15, -0.1) is 0 Å². The summed E-state index contributed by atoms with van der Waals surface area (Å²) < 4.78 is 4.18. The van der Waals surface area contributed by atoms with Gasteiger partial charge in [0.1, 0.15) is 5.69 Å². The van der Waals surface area contributed by atoms with Crippen molar-refractivity contribution < 1.29 is 0 Å². The van der Waals surface area contributed by atoms with E-state index >= 15 is 0 Å². The van der Waals surface area contributed by atoms with E-state index in [4.69, 9.17) is 0 Å². The number of hydrogen-bond donors (Lipinski definition) is 0. The van der Waals surface area contributed by atoms with Crippen LogP contribution in [0, 0.1) is 0 Å². The van der Waals surface area contributed by atoms with Gasteiger partial charge in [-0.25, -0.2) is 4.98 Å². The number of imidazole rings is 1. The Bertz CT molecular complexity index is 735. The minimum Gasteiger partial charge on any atom is -0.319 e. The van der Waals surface area contributed by atoms with Crippen LogP contribution in [0.1, 0.15) is 18.4 Å². The Morgan fingerprint density at radius 2 is 1.85 bits per heavy atom. The third kappa shape index (κ3) is 1.54. The van der Waals surface area contributed by atoms with Gasteiger partial charge in [-0.1, -0.05) is 30.3 Å². The van der Waals surface area contributed by atoms with Crippen LogP contribution in [0.3, 0.4) is 0 Å². The fourth-order valence-corrected chi connectivity index (χ4v) is 2.97. The number of benzene rings is 1. The van der Waals surface area contributed by atoms with Gasteiger partial charge in [-0.2, -0.15) is 5.10 Å². The summed E-state index contributed by atoms with van der Waals surface area (Å²) >= 11 is 0. The second kappa shape index (κ2) is 4.07. The van der Waals surface area contributed by atoms with Crippen molar-refractivity contribution in [3.63, 3.8) is 0 Å². The number of hydrogen-bond acceptors (Lipinski definition) is 2. The standard InChI is InChI=1S/C16H16N4/c1-19-14(7-10-18-19)15-17-11-12-20(15)16(8-9-16)13-5-3-2-4-6-13/h2-7,10-12H,8-9H2,1H3. The summed E-state index contributed by atoms with van der Waals surface area (Å²) in [5, 5.41) is 4.25. The minimum absolute atomic E-state index is 0.0807. The molecule has 4 heteroatoms. The normalized spacial score (nSPS) is 16.2. The minimum atomic E-state index is 0.0807. The summed E-state index contributed by atoms with van der Waals surface area (Å²) in [5.74, 6) is 0.992. The van der Waals surface area contributed by atoms with Crippen molar-refractivity contribution in [2.24, 2.45) is 7.05 Å². The molecule has 2 heterocycles. The molecule has 0 saturated heterocycles. The lowest BCUT2D eigenvalue weighted by atomic mass is 10.0. The van der Waals surface area contributed by atoms with Gasteiger partial charge in [0.25, 0.3) is 0 Å². The van der Waals surface area contributed by atoms with Crippen molar-refractivity contribution in [1.82, 2.24) is 19.3 Å². The predicted molar refractivity (Wildman–Crippen MR) is 77.2 cm³/mol. The van der Waals surface area contributed by atoms with Gasteiger partial charge in [0.2, 0.25) is 0 Å². The second-order valence-corrected chi connectivity index (χ2v) is 5.36.